The van der Waals surface area contributed by atoms with Crippen LogP contribution in [0, 0.1) is 10.1 Å². The van der Waals surface area contributed by atoms with Gasteiger partial charge < -0.3 is 0 Å². The summed E-state index contributed by atoms with van der Waals surface area (Å²) >= 11 is 0. The van der Waals surface area contributed by atoms with E-state index in [0.717, 1.165) is 16.6 Å². The molecule has 0 N–H and O–H groups in total. The third kappa shape index (κ3) is 2.35. The molecule has 120 valence electrons. The molecule has 3 aromatic heterocycles. The van der Waals surface area contributed by atoms with E-state index >= 15 is 0 Å². The minimum Gasteiger partial charge on any atom is -0.265 e. The largest absolute Gasteiger partial charge is 0.306 e. The van der Waals surface area contributed by atoms with Gasteiger partial charge in [0.2, 0.25) is 0 Å². The lowest BCUT2D eigenvalue weighted by Gasteiger charge is -2.06. The van der Waals surface area contributed by atoms with Crippen molar-refractivity contribution in [3.05, 3.63) is 58.9 Å². The molecule has 0 saturated carbocycles. The Hall–Kier alpha value is -3.36. The SMILES string of the molecule is C[C@@H](Cn1cc([N+](=O)[O-])cn1)c1nc2c3ccccc3ncn2n1. The van der Waals surface area contributed by atoms with Crippen LogP contribution < -0.4 is 0 Å². The molecule has 0 amide bonds. The van der Waals surface area contributed by atoms with Crippen LogP contribution in [-0.4, -0.2) is 34.3 Å². The first-order chi connectivity index (χ1) is 11.6. The summed E-state index contributed by atoms with van der Waals surface area (Å²) in [6.45, 7) is 2.41. The van der Waals surface area contributed by atoms with Crippen molar-refractivity contribution in [3.8, 4) is 0 Å². The Bertz CT molecular complexity index is 1050. The van der Waals surface area contributed by atoms with E-state index in [1.165, 1.54) is 17.1 Å². The van der Waals surface area contributed by atoms with Crippen molar-refractivity contribution >= 4 is 22.2 Å². The molecule has 0 bridgehead atoms. The Morgan fingerprint density at radius 2 is 2.17 bits per heavy atom. The zero-order valence-corrected chi connectivity index (χ0v) is 12.8. The Balaban J connectivity index is 1.67. The van der Waals surface area contributed by atoms with Crippen LogP contribution in [0.5, 0.6) is 0 Å². The molecule has 0 fully saturated rings. The molecule has 0 aliphatic carbocycles. The molecular weight excluding hydrogens is 310 g/mol. The van der Waals surface area contributed by atoms with E-state index in [-0.39, 0.29) is 11.6 Å². The second kappa shape index (κ2) is 5.37. The second-order valence-corrected chi connectivity index (χ2v) is 5.58. The van der Waals surface area contributed by atoms with E-state index in [2.05, 4.69) is 20.2 Å². The number of hydrogen-bond donors (Lipinski definition) is 0. The molecule has 4 rings (SSSR count). The van der Waals surface area contributed by atoms with E-state index in [1.807, 2.05) is 31.2 Å². The maximum absolute atomic E-state index is 10.7. The number of para-hydroxylation sites is 1. The van der Waals surface area contributed by atoms with Gasteiger partial charge in [0.15, 0.2) is 11.5 Å². The highest BCUT2D eigenvalue weighted by atomic mass is 16.6. The second-order valence-electron chi connectivity index (χ2n) is 5.58. The van der Waals surface area contributed by atoms with Gasteiger partial charge in [-0.05, 0) is 12.1 Å². The lowest BCUT2D eigenvalue weighted by atomic mass is 10.2. The minimum absolute atomic E-state index is 0.0274. The molecule has 0 spiro atoms. The number of fused-ring (bicyclic) bond motifs is 3. The molecule has 24 heavy (non-hydrogen) atoms. The van der Waals surface area contributed by atoms with Crippen LogP contribution in [0.4, 0.5) is 5.69 Å². The van der Waals surface area contributed by atoms with Gasteiger partial charge in [-0.25, -0.2) is 14.5 Å². The molecule has 0 aliphatic rings. The van der Waals surface area contributed by atoms with Crippen molar-refractivity contribution in [1.29, 1.82) is 0 Å². The Kier molecular flexibility index (Phi) is 3.19. The molecule has 0 unspecified atom stereocenters. The van der Waals surface area contributed by atoms with Crippen molar-refractivity contribution in [2.75, 3.05) is 0 Å². The van der Waals surface area contributed by atoms with Crippen molar-refractivity contribution in [2.45, 2.75) is 19.4 Å². The monoisotopic (exact) mass is 323 g/mol. The zero-order valence-electron chi connectivity index (χ0n) is 12.8. The van der Waals surface area contributed by atoms with E-state index < -0.39 is 4.92 Å². The predicted octanol–water partition coefficient (Wildman–Crippen LogP) is 2.19. The Morgan fingerprint density at radius 1 is 1.33 bits per heavy atom. The number of nitro groups is 1. The molecule has 1 atom stereocenters. The van der Waals surface area contributed by atoms with E-state index in [4.69, 9.17) is 0 Å². The minimum atomic E-state index is -0.463. The average molecular weight is 323 g/mol. The first kappa shape index (κ1) is 14.2. The third-order valence-corrected chi connectivity index (χ3v) is 3.83. The van der Waals surface area contributed by atoms with Crippen LogP contribution in [0.3, 0.4) is 0 Å². The maximum atomic E-state index is 10.7. The predicted molar refractivity (Wildman–Crippen MR) is 85.6 cm³/mol. The van der Waals surface area contributed by atoms with Crippen molar-refractivity contribution in [3.63, 3.8) is 0 Å². The molecular formula is C15H13N7O2. The van der Waals surface area contributed by atoms with Crippen LogP contribution in [0.2, 0.25) is 0 Å². The summed E-state index contributed by atoms with van der Waals surface area (Å²) in [6, 6.07) is 7.74. The molecule has 0 saturated heterocycles. The maximum Gasteiger partial charge on any atom is 0.306 e. The summed E-state index contributed by atoms with van der Waals surface area (Å²) in [5, 5.41) is 20.1. The van der Waals surface area contributed by atoms with Gasteiger partial charge in [-0.15, -0.1) is 5.10 Å². The highest BCUT2D eigenvalue weighted by Crippen LogP contribution is 2.20. The number of nitrogens with zero attached hydrogens (tertiary/aromatic N) is 7. The highest BCUT2D eigenvalue weighted by Gasteiger charge is 2.17. The average Bonchev–Trinajstić information content (AvgIpc) is 3.21. The van der Waals surface area contributed by atoms with Crippen LogP contribution in [0.1, 0.15) is 18.7 Å². The summed E-state index contributed by atoms with van der Waals surface area (Å²) in [6.07, 6.45) is 4.28. The first-order valence-corrected chi connectivity index (χ1v) is 7.38. The van der Waals surface area contributed by atoms with Crippen molar-refractivity contribution < 1.29 is 4.92 Å². The van der Waals surface area contributed by atoms with E-state index in [0.29, 0.717) is 12.4 Å². The van der Waals surface area contributed by atoms with E-state index in [1.54, 1.807) is 10.8 Å². The lowest BCUT2D eigenvalue weighted by molar-refractivity contribution is -0.385. The smallest absolute Gasteiger partial charge is 0.265 e. The normalized spacial score (nSPS) is 12.7. The van der Waals surface area contributed by atoms with Gasteiger partial charge in [-0.3, -0.25) is 14.8 Å². The highest BCUT2D eigenvalue weighted by molar-refractivity contribution is 5.90. The van der Waals surface area contributed by atoms with Crippen LogP contribution in [0.25, 0.3) is 16.6 Å². The van der Waals surface area contributed by atoms with E-state index in [9.17, 15) is 10.1 Å². The Morgan fingerprint density at radius 3 is 2.96 bits per heavy atom. The molecule has 3 heterocycles. The number of rotatable bonds is 4. The summed E-state index contributed by atoms with van der Waals surface area (Å²) in [7, 11) is 0. The van der Waals surface area contributed by atoms with Crippen molar-refractivity contribution in [1.82, 2.24) is 29.4 Å². The van der Waals surface area contributed by atoms with Crippen LogP contribution >= 0.6 is 0 Å². The molecule has 4 aromatic rings. The first-order valence-electron chi connectivity index (χ1n) is 7.38. The molecule has 0 aliphatic heterocycles. The fourth-order valence-electron chi connectivity index (χ4n) is 2.61. The van der Waals surface area contributed by atoms with Crippen LogP contribution in [-0.2, 0) is 6.54 Å². The molecule has 0 radical (unpaired) electrons. The summed E-state index contributed by atoms with van der Waals surface area (Å²) in [5.41, 5.74) is 1.58. The zero-order chi connectivity index (χ0) is 16.7. The summed E-state index contributed by atoms with van der Waals surface area (Å²) < 4.78 is 3.19. The van der Waals surface area contributed by atoms with Gasteiger partial charge in [-0.1, -0.05) is 19.1 Å². The molecule has 9 heteroatoms. The Labute approximate surface area is 135 Å². The fourth-order valence-corrected chi connectivity index (χ4v) is 2.61. The molecule has 1 aromatic carbocycles. The third-order valence-electron chi connectivity index (χ3n) is 3.83. The van der Waals surface area contributed by atoms with Gasteiger partial charge in [0, 0.05) is 11.3 Å². The quantitative estimate of drug-likeness (QED) is 0.421. The fraction of sp³-hybridized carbons (Fsp3) is 0.200. The van der Waals surface area contributed by atoms with Gasteiger partial charge in [-0.2, -0.15) is 5.10 Å². The van der Waals surface area contributed by atoms with Gasteiger partial charge in [0.25, 0.3) is 0 Å². The molecule has 9 nitrogen and oxygen atoms in total. The number of benzene rings is 1. The summed E-state index contributed by atoms with van der Waals surface area (Å²) in [4.78, 5) is 19.2. The van der Waals surface area contributed by atoms with Gasteiger partial charge in [0.05, 0.1) is 17.0 Å². The standard InChI is InChI=1S/C15H13N7O2/c1-10(7-20-8-11(6-17-20)22(23)24)14-18-15-12-4-2-3-5-13(12)16-9-21(15)19-14/h2-6,8-10H,7H2,1H3/t10-/m0/s1. The number of hydrogen-bond acceptors (Lipinski definition) is 6. The topological polar surface area (TPSA) is 104 Å². The lowest BCUT2D eigenvalue weighted by Crippen LogP contribution is -2.08. The van der Waals surface area contributed by atoms with Crippen LogP contribution in [0.15, 0.2) is 43.0 Å². The van der Waals surface area contributed by atoms with Crippen molar-refractivity contribution in [2.24, 2.45) is 0 Å². The van der Waals surface area contributed by atoms with Gasteiger partial charge in [0.1, 0.15) is 18.7 Å². The van der Waals surface area contributed by atoms with Gasteiger partial charge >= 0.3 is 5.69 Å². The number of aromatic nitrogens is 6. The summed E-state index contributed by atoms with van der Waals surface area (Å²) in [5.74, 6) is 0.592.